The molecule has 3 heterocycles. The molecule has 1 unspecified atom stereocenters. The molecule has 2 aromatic heterocycles. The van der Waals surface area contributed by atoms with Gasteiger partial charge in [-0.1, -0.05) is 24.3 Å². The van der Waals surface area contributed by atoms with Crippen LogP contribution in [0.25, 0.3) is 0 Å². The van der Waals surface area contributed by atoms with Crippen molar-refractivity contribution in [3.05, 3.63) is 76.9 Å². The lowest BCUT2D eigenvalue weighted by Gasteiger charge is -2.21. The molecule has 0 saturated carbocycles. The molecule has 7 nitrogen and oxygen atoms in total. The van der Waals surface area contributed by atoms with Gasteiger partial charge in [0.25, 0.3) is 5.91 Å². The van der Waals surface area contributed by atoms with Gasteiger partial charge in [-0.05, 0) is 18.2 Å². The number of amides is 1. The number of pyridine rings is 1. The van der Waals surface area contributed by atoms with Crippen molar-refractivity contribution in [3.63, 3.8) is 0 Å². The highest BCUT2D eigenvalue weighted by molar-refractivity contribution is 5.94. The minimum Gasteiger partial charge on any atom is -0.496 e. The topological polar surface area (TPSA) is 91.9 Å². The molecule has 138 valence electrons. The van der Waals surface area contributed by atoms with Crippen molar-refractivity contribution in [2.75, 3.05) is 13.7 Å². The first-order valence-electron chi connectivity index (χ1n) is 8.89. The van der Waals surface area contributed by atoms with Gasteiger partial charge in [0.2, 0.25) is 0 Å². The molecule has 27 heavy (non-hydrogen) atoms. The smallest absolute Gasteiger partial charge is 0.272 e. The highest BCUT2D eigenvalue weighted by Crippen LogP contribution is 2.29. The number of aromatic nitrogens is 3. The monoisotopic (exact) mass is 363 g/mol. The maximum absolute atomic E-state index is 13.0. The highest BCUT2D eigenvalue weighted by Gasteiger charge is 2.26. The number of hydrogen-bond donors (Lipinski definition) is 3. The molecule has 0 saturated heterocycles. The summed E-state index contributed by atoms with van der Waals surface area (Å²) in [5.41, 5.74) is 3.95. The second-order valence-corrected chi connectivity index (χ2v) is 6.36. The van der Waals surface area contributed by atoms with Crippen LogP contribution in [0.3, 0.4) is 0 Å². The third-order valence-corrected chi connectivity index (χ3v) is 4.73. The van der Waals surface area contributed by atoms with Crippen molar-refractivity contribution in [1.29, 1.82) is 0 Å². The van der Waals surface area contributed by atoms with E-state index in [4.69, 9.17) is 4.74 Å². The first-order chi connectivity index (χ1) is 13.3. The highest BCUT2D eigenvalue weighted by atomic mass is 16.5. The van der Waals surface area contributed by atoms with E-state index in [0.29, 0.717) is 18.0 Å². The van der Waals surface area contributed by atoms with Crippen LogP contribution in [0.1, 0.15) is 39.0 Å². The zero-order chi connectivity index (χ0) is 18.6. The Hall–Kier alpha value is -3.19. The van der Waals surface area contributed by atoms with E-state index in [1.807, 2.05) is 42.5 Å². The van der Waals surface area contributed by atoms with E-state index in [2.05, 4.69) is 25.8 Å². The predicted octanol–water partition coefficient (Wildman–Crippen LogP) is 1.98. The summed E-state index contributed by atoms with van der Waals surface area (Å²) in [6, 6.07) is 12.8. The predicted molar refractivity (Wildman–Crippen MR) is 101 cm³/mol. The van der Waals surface area contributed by atoms with E-state index in [9.17, 15) is 4.79 Å². The van der Waals surface area contributed by atoms with Crippen molar-refractivity contribution >= 4 is 5.91 Å². The Morgan fingerprint density at radius 2 is 2.07 bits per heavy atom. The molecule has 0 radical (unpaired) electrons. The first-order valence-corrected chi connectivity index (χ1v) is 8.89. The van der Waals surface area contributed by atoms with E-state index in [-0.39, 0.29) is 5.91 Å². The van der Waals surface area contributed by atoms with Crippen molar-refractivity contribution in [1.82, 2.24) is 25.8 Å². The van der Waals surface area contributed by atoms with Gasteiger partial charge < -0.3 is 15.4 Å². The minimum atomic E-state index is -0.446. The molecule has 0 bridgehead atoms. The van der Waals surface area contributed by atoms with Crippen LogP contribution in [0.4, 0.5) is 0 Å². The average molecular weight is 363 g/mol. The van der Waals surface area contributed by atoms with Crippen LogP contribution in [-0.4, -0.2) is 34.7 Å². The van der Waals surface area contributed by atoms with Gasteiger partial charge in [0, 0.05) is 42.5 Å². The molecule has 7 heteroatoms. The van der Waals surface area contributed by atoms with Crippen LogP contribution >= 0.6 is 0 Å². The quantitative estimate of drug-likeness (QED) is 0.645. The molecular formula is C20H21N5O2. The lowest BCUT2D eigenvalue weighted by molar-refractivity contribution is 0.0935. The van der Waals surface area contributed by atoms with E-state index >= 15 is 0 Å². The summed E-state index contributed by atoms with van der Waals surface area (Å²) in [7, 11) is 1.62. The zero-order valence-corrected chi connectivity index (χ0v) is 15.0. The second-order valence-electron chi connectivity index (χ2n) is 6.36. The molecule has 0 aliphatic carbocycles. The number of carbonyl (C=O) groups is 1. The summed E-state index contributed by atoms with van der Waals surface area (Å²) >= 11 is 0. The van der Waals surface area contributed by atoms with Crippen molar-refractivity contribution in [2.45, 2.75) is 19.0 Å². The molecule has 3 aromatic rings. The minimum absolute atomic E-state index is 0.238. The van der Waals surface area contributed by atoms with E-state index in [0.717, 1.165) is 35.5 Å². The number of H-pyrrole nitrogens is 1. The molecule has 0 fully saturated rings. The number of nitrogens with zero attached hydrogens (tertiary/aromatic N) is 2. The van der Waals surface area contributed by atoms with Crippen LogP contribution < -0.4 is 15.4 Å². The van der Waals surface area contributed by atoms with E-state index in [1.54, 1.807) is 13.3 Å². The maximum atomic E-state index is 13.0. The molecule has 1 aliphatic rings. The Labute approximate surface area is 157 Å². The number of hydrogen-bond acceptors (Lipinski definition) is 5. The van der Waals surface area contributed by atoms with Crippen LogP contribution in [0.15, 0.2) is 48.7 Å². The van der Waals surface area contributed by atoms with Gasteiger partial charge in [-0.2, -0.15) is 5.10 Å². The number of benzene rings is 1. The Morgan fingerprint density at radius 1 is 1.22 bits per heavy atom. The zero-order valence-electron chi connectivity index (χ0n) is 15.0. The van der Waals surface area contributed by atoms with Crippen LogP contribution in [-0.2, 0) is 13.0 Å². The summed E-state index contributed by atoms with van der Waals surface area (Å²) in [6.45, 7) is 1.52. The first kappa shape index (κ1) is 17.2. The molecule has 1 aromatic carbocycles. The number of aromatic amines is 1. The second kappa shape index (κ2) is 7.59. The van der Waals surface area contributed by atoms with Crippen LogP contribution in [0.5, 0.6) is 5.75 Å². The summed E-state index contributed by atoms with van der Waals surface area (Å²) in [5.74, 6) is 0.455. The largest absolute Gasteiger partial charge is 0.496 e. The van der Waals surface area contributed by atoms with Crippen molar-refractivity contribution in [2.24, 2.45) is 0 Å². The lowest BCUT2D eigenvalue weighted by atomic mass is 10.0. The number of rotatable bonds is 5. The molecule has 1 amide bonds. The number of fused-ring (bicyclic) bond motifs is 1. The van der Waals surface area contributed by atoms with Gasteiger partial charge in [-0.3, -0.25) is 14.9 Å². The van der Waals surface area contributed by atoms with Crippen LogP contribution in [0, 0.1) is 0 Å². The summed E-state index contributed by atoms with van der Waals surface area (Å²) in [6.07, 6.45) is 2.55. The number of methoxy groups -OCH3 is 1. The molecular weight excluding hydrogens is 342 g/mol. The van der Waals surface area contributed by atoms with Gasteiger partial charge in [0.15, 0.2) is 5.69 Å². The SMILES string of the molecule is COc1ccccc1C(NC(=O)c1n[nH]c2c1CNCC2)c1ccccn1. The van der Waals surface area contributed by atoms with E-state index < -0.39 is 6.04 Å². The standard InChI is InChI=1S/C20H21N5O2/c1-27-17-8-3-2-6-13(17)18(16-7-4-5-10-22-16)23-20(26)19-14-12-21-11-9-15(14)24-25-19/h2-8,10,18,21H,9,11-12H2,1H3,(H,23,26)(H,24,25). The van der Waals surface area contributed by atoms with Gasteiger partial charge in [0.1, 0.15) is 11.8 Å². The third kappa shape index (κ3) is 3.41. The summed E-state index contributed by atoms with van der Waals surface area (Å²) < 4.78 is 5.50. The molecule has 1 atom stereocenters. The van der Waals surface area contributed by atoms with Gasteiger partial charge >= 0.3 is 0 Å². The van der Waals surface area contributed by atoms with Crippen molar-refractivity contribution in [3.8, 4) is 5.75 Å². The van der Waals surface area contributed by atoms with Crippen LogP contribution in [0.2, 0.25) is 0 Å². The average Bonchev–Trinajstić information content (AvgIpc) is 3.17. The fourth-order valence-corrected chi connectivity index (χ4v) is 3.38. The fourth-order valence-electron chi connectivity index (χ4n) is 3.38. The van der Waals surface area contributed by atoms with Gasteiger partial charge in [-0.25, -0.2) is 0 Å². The molecule has 1 aliphatic heterocycles. The van der Waals surface area contributed by atoms with Crippen molar-refractivity contribution < 1.29 is 9.53 Å². The normalized spacial score (nSPS) is 14.3. The number of nitrogens with one attached hydrogen (secondary N) is 3. The van der Waals surface area contributed by atoms with Gasteiger partial charge in [-0.15, -0.1) is 0 Å². The maximum Gasteiger partial charge on any atom is 0.272 e. The van der Waals surface area contributed by atoms with Gasteiger partial charge in [0.05, 0.1) is 12.8 Å². The lowest BCUT2D eigenvalue weighted by Crippen LogP contribution is -2.32. The Kier molecular flexibility index (Phi) is 4.84. The summed E-state index contributed by atoms with van der Waals surface area (Å²) in [4.78, 5) is 17.5. The number of carbonyl (C=O) groups excluding carboxylic acids is 1. The Balaban J connectivity index is 1.70. The van der Waals surface area contributed by atoms with E-state index in [1.165, 1.54) is 0 Å². The third-order valence-electron chi connectivity index (χ3n) is 4.73. The molecule has 0 spiro atoms. The molecule has 3 N–H and O–H groups in total. The fraction of sp³-hybridized carbons (Fsp3) is 0.250. The Morgan fingerprint density at radius 3 is 2.89 bits per heavy atom. The summed E-state index contributed by atoms with van der Waals surface area (Å²) in [5, 5.41) is 13.6. The Bertz CT molecular complexity index is 939. The molecule has 4 rings (SSSR count). The number of para-hydroxylation sites is 1. The number of ether oxygens (including phenoxy) is 1.